The second-order valence-electron chi connectivity index (χ2n) is 5.68. The Labute approximate surface area is 157 Å². The Kier molecular flexibility index (Phi) is 6.11. The number of hydrogen-bond acceptors (Lipinski definition) is 3. The van der Waals surface area contributed by atoms with Crippen LogP contribution in [0.25, 0.3) is 0 Å². The van der Waals surface area contributed by atoms with Gasteiger partial charge in [0.05, 0.1) is 10.9 Å². The van der Waals surface area contributed by atoms with Crippen LogP contribution in [0.3, 0.4) is 0 Å². The average Bonchev–Trinajstić information content (AvgIpc) is 2.54. The van der Waals surface area contributed by atoms with Gasteiger partial charge in [-0.25, -0.2) is 12.7 Å². The van der Waals surface area contributed by atoms with Gasteiger partial charge in [-0.2, -0.15) is 0 Å². The Morgan fingerprint density at radius 1 is 1.12 bits per heavy atom. The molecule has 8 heteroatoms. The van der Waals surface area contributed by atoms with Gasteiger partial charge in [-0.05, 0) is 42.8 Å². The van der Waals surface area contributed by atoms with Crippen molar-refractivity contribution in [3.05, 3.63) is 63.6 Å². The van der Waals surface area contributed by atoms with E-state index in [0.29, 0.717) is 10.0 Å². The van der Waals surface area contributed by atoms with E-state index in [1.54, 1.807) is 31.2 Å². The first kappa shape index (κ1) is 19.7. The zero-order valence-electron chi connectivity index (χ0n) is 14.0. The molecule has 0 saturated carbocycles. The first-order chi connectivity index (χ1) is 11.6. The highest BCUT2D eigenvalue weighted by atomic mass is 35.5. The van der Waals surface area contributed by atoms with Crippen LogP contribution < -0.4 is 5.32 Å². The molecule has 0 aliphatic rings. The summed E-state index contributed by atoms with van der Waals surface area (Å²) in [4.78, 5) is 12.5. The number of carbonyl (C=O) groups excluding carboxylic acids is 1. The van der Waals surface area contributed by atoms with Crippen molar-refractivity contribution in [1.82, 2.24) is 9.62 Å². The first-order valence-electron chi connectivity index (χ1n) is 7.41. The van der Waals surface area contributed by atoms with Gasteiger partial charge >= 0.3 is 0 Å². The first-order valence-corrected chi connectivity index (χ1v) is 9.61. The van der Waals surface area contributed by atoms with E-state index in [1.165, 1.54) is 32.3 Å². The van der Waals surface area contributed by atoms with Crippen molar-refractivity contribution in [3.63, 3.8) is 0 Å². The molecule has 1 atom stereocenters. The van der Waals surface area contributed by atoms with Crippen LogP contribution in [-0.4, -0.2) is 32.7 Å². The second-order valence-corrected chi connectivity index (χ2v) is 8.67. The van der Waals surface area contributed by atoms with Gasteiger partial charge in [0.15, 0.2) is 0 Å². The number of halogens is 2. The van der Waals surface area contributed by atoms with Gasteiger partial charge in [-0.1, -0.05) is 35.3 Å². The third kappa shape index (κ3) is 4.52. The number of amides is 1. The lowest BCUT2D eigenvalue weighted by molar-refractivity contribution is 0.0939. The highest BCUT2D eigenvalue weighted by molar-refractivity contribution is 7.89. The number of nitrogens with one attached hydrogen (secondary N) is 1. The lowest BCUT2D eigenvalue weighted by Gasteiger charge is -2.17. The standard InChI is InChI=1S/C17H18Cl2N2O3S/c1-11(15-8-7-13(18)10-16(15)19)20-17(22)12-5-4-6-14(9-12)25(23,24)21(2)3/h4-11H,1-3H3,(H,20,22)/t11-/m0/s1. The van der Waals surface area contributed by atoms with E-state index >= 15 is 0 Å². The van der Waals surface area contributed by atoms with Crippen molar-refractivity contribution in [1.29, 1.82) is 0 Å². The lowest BCUT2D eigenvalue weighted by Crippen LogP contribution is -2.27. The normalized spacial score (nSPS) is 12.9. The predicted octanol–water partition coefficient (Wildman–Crippen LogP) is 3.73. The van der Waals surface area contributed by atoms with Crippen molar-refractivity contribution >= 4 is 39.1 Å². The third-order valence-corrected chi connectivity index (χ3v) is 6.02. The maximum atomic E-state index is 12.5. The van der Waals surface area contributed by atoms with E-state index in [-0.39, 0.29) is 16.5 Å². The number of nitrogens with zero attached hydrogens (tertiary/aromatic N) is 1. The molecule has 1 amide bonds. The van der Waals surface area contributed by atoms with Crippen molar-refractivity contribution < 1.29 is 13.2 Å². The average molecular weight is 401 g/mol. The zero-order chi connectivity index (χ0) is 18.8. The van der Waals surface area contributed by atoms with Crippen LogP contribution in [0.2, 0.25) is 10.0 Å². The minimum Gasteiger partial charge on any atom is -0.345 e. The van der Waals surface area contributed by atoms with E-state index < -0.39 is 15.9 Å². The highest BCUT2D eigenvalue weighted by Gasteiger charge is 2.20. The van der Waals surface area contributed by atoms with E-state index in [2.05, 4.69) is 5.32 Å². The number of benzene rings is 2. The molecule has 0 aliphatic carbocycles. The molecule has 0 saturated heterocycles. The van der Waals surface area contributed by atoms with E-state index in [1.807, 2.05) is 0 Å². The van der Waals surface area contributed by atoms with Crippen LogP contribution >= 0.6 is 23.2 Å². The SMILES string of the molecule is C[C@H](NC(=O)c1cccc(S(=O)(=O)N(C)C)c1)c1ccc(Cl)cc1Cl. The van der Waals surface area contributed by atoms with Gasteiger partial charge in [0.1, 0.15) is 0 Å². The molecule has 0 bridgehead atoms. The summed E-state index contributed by atoms with van der Waals surface area (Å²) in [6.07, 6.45) is 0. The summed E-state index contributed by atoms with van der Waals surface area (Å²) in [6, 6.07) is 10.5. The van der Waals surface area contributed by atoms with Crippen molar-refractivity contribution in [2.45, 2.75) is 17.9 Å². The monoisotopic (exact) mass is 400 g/mol. The van der Waals surface area contributed by atoms with E-state index in [9.17, 15) is 13.2 Å². The van der Waals surface area contributed by atoms with Gasteiger partial charge < -0.3 is 5.32 Å². The molecule has 134 valence electrons. The van der Waals surface area contributed by atoms with Gasteiger partial charge in [-0.15, -0.1) is 0 Å². The molecule has 2 aromatic carbocycles. The summed E-state index contributed by atoms with van der Waals surface area (Å²) in [6.45, 7) is 1.79. The Morgan fingerprint density at radius 3 is 2.40 bits per heavy atom. The Bertz CT molecular complexity index is 899. The molecular weight excluding hydrogens is 383 g/mol. The highest BCUT2D eigenvalue weighted by Crippen LogP contribution is 2.26. The summed E-state index contributed by atoms with van der Waals surface area (Å²) in [5, 5.41) is 3.76. The summed E-state index contributed by atoms with van der Waals surface area (Å²) in [5.74, 6) is -0.394. The fourth-order valence-corrected chi connectivity index (χ4v) is 3.74. The molecule has 0 aromatic heterocycles. The fourth-order valence-electron chi connectivity index (χ4n) is 2.22. The minimum atomic E-state index is -3.61. The third-order valence-electron chi connectivity index (χ3n) is 3.65. The van der Waals surface area contributed by atoms with E-state index in [4.69, 9.17) is 23.2 Å². The lowest BCUT2D eigenvalue weighted by atomic mass is 10.1. The van der Waals surface area contributed by atoms with Crippen LogP contribution in [-0.2, 0) is 10.0 Å². The fraction of sp³-hybridized carbons (Fsp3) is 0.235. The molecule has 1 N–H and O–H groups in total. The summed E-state index contributed by atoms with van der Waals surface area (Å²) >= 11 is 12.0. The topological polar surface area (TPSA) is 66.5 Å². The van der Waals surface area contributed by atoms with Crippen LogP contribution in [0.1, 0.15) is 28.9 Å². The van der Waals surface area contributed by atoms with E-state index in [0.717, 1.165) is 9.87 Å². The molecule has 0 aliphatic heterocycles. The number of sulfonamides is 1. The quantitative estimate of drug-likeness (QED) is 0.830. The van der Waals surface area contributed by atoms with Gasteiger partial charge in [0.2, 0.25) is 10.0 Å². The van der Waals surface area contributed by atoms with Crippen molar-refractivity contribution in [2.24, 2.45) is 0 Å². The predicted molar refractivity (Wildman–Crippen MR) is 99.7 cm³/mol. The molecule has 0 fully saturated rings. The summed E-state index contributed by atoms with van der Waals surface area (Å²) < 4.78 is 25.5. The molecule has 0 radical (unpaired) electrons. The van der Waals surface area contributed by atoms with Gasteiger partial charge in [-0.3, -0.25) is 4.79 Å². The molecule has 0 spiro atoms. The molecule has 0 unspecified atom stereocenters. The van der Waals surface area contributed by atoms with Crippen LogP contribution in [0.15, 0.2) is 47.4 Å². The van der Waals surface area contributed by atoms with Crippen LogP contribution in [0.5, 0.6) is 0 Å². The molecule has 2 aromatic rings. The molecule has 2 rings (SSSR count). The Balaban J connectivity index is 2.24. The molecule has 0 heterocycles. The zero-order valence-corrected chi connectivity index (χ0v) is 16.3. The number of rotatable bonds is 5. The van der Waals surface area contributed by atoms with Crippen LogP contribution in [0.4, 0.5) is 0 Å². The maximum Gasteiger partial charge on any atom is 0.251 e. The van der Waals surface area contributed by atoms with Gasteiger partial charge in [0, 0.05) is 29.7 Å². The molecular formula is C17H18Cl2N2O3S. The molecule has 5 nitrogen and oxygen atoms in total. The maximum absolute atomic E-state index is 12.5. The Morgan fingerprint density at radius 2 is 1.80 bits per heavy atom. The Hall–Kier alpha value is -1.60. The number of carbonyl (C=O) groups is 1. The number of hydrogen-bond donors (Lipinski definition) is 1. The smallest absolute Gasteiger partial charge is 0.251 e. The summed E-state index contributed by atoms with van der Waals surface area (Å²) in [5.41, 5.74) is 0.969. The van der Waals surface area contributed by atoms with Crippen molar-refractivity contribution in [3.8, 4) is 0 Å². The molecule has 25 heavy (non-hydrogen) atoms. The van der Waals surface area contributed by atoms with Crippen molar-refractivity contribution in [2.75, 3.05) is 14.1 Å². The van der Waals surface area contributed by atoms with Crippen LogP contribution in [0, 0.1) is 0 Å². The largest absolute Gasteiger partial charge is 0.345 e. The van der Waals surface area contributed by atoms with Gasteiger partial charge in [0.25, 0.3) is 5.91 Å². The summed E-state index contributed by atoms with van der Waals surface area (Å²) in [7, 11) is -0.733. The minimum absolute atomic E-state index is 0.0577. The second kappa shape index (κ2) is 7.74.